The Balaban J connectivity index is 1.88. The molecule has 11 nitrogen and oxygen atoms in total. The molecule has 1 saturated heterocycles. The predicted molar refractivity (Wildman–Crippen MR) is 152 cm³/mol. The van der Waals surface area contributed by atoms with E-state index in [-0.39, 0.29) is 37.8 Å². The summed E-state index contributed by atoms with van der Waals surface area (Å²) in [6, 6.07) is -0.123. The van der Waals surface area contributed by atoms with Gasteiger partial charge in [0.25, 0.3) is 0 Å². The molecule has 19 heteroatoms. The number of hydrogen-bond acceptors (Lipinski definition) is 10. The van der Waals surface area contributed by atoms with E-state index in [1.807, 2.05) is 0 Å². The zero-order chi connectivity index (χ0) is 34.6. The van der Waals surface area contributed by atoms with Gasteiger partial charge >= 0.3 is 18.3 Å². The number of carboxylic acids is 1. The maximum absolute atomic E-state index is 16.6. The Kier molecular flexibility index (Phi) is 8.76. The highest BCUT2D eigenvalue weighted by atomic mass is 19.4. The molecule has 0 aliphatic carbocycles. The molecule has 2 aliphatic heterocycles. The van der Waals surface area contributed by atoms with Gasteiger partial charge in [-0.25, -0.2) is 18.7 Å². The van der Waals surface area contributed by atoms with Crippen molar-refractivity contribution < 1.29 is 54.9 Å². The molecule has 6 N–H and O–H groups in total. The molecule has 2 unspecified atom stereocenters. The minimum Gasteiger partial charge on any atom is -0.481 e. The van der Waals surface area contributed by atoms with Crippen molar-refractivity contribution >= 4 is 34.3 Å². The average Bonchev–Trinajstić information content (AvgIpc) is 2.97. The number of aromatic nitrogens is 3. The fourth-order valence-electron chi connectivity index (χ4n) is 5.79. The number of aliphatic hydroxyl groups excluding tert-OH is 1. The zero-order valence-electron chi connectivity index (χ0n) is 24.8. The number of carboxylic acid groups (broad SMARTS) is 1. The molecule has 0 saturated carbocycles. The van der Waals surface area contributed by atoms with Gasteiger partial charge in [0.2, 0.25) is 11.8 Å². The highest BCUT2D eigenvalue weighted by molar-refractivity contribution is 5.97. The van der Waals surface area contributed by atoms with Crippen LogP contribution in [0.2, 0.25) is 0 Å². The van der Waals surface area contributed by atoms with Crippen LogP contribution in [0.3, 0.4) is 0 Å². The molecule has 0 bridgehead atoms. The number of ether oxygens (including phenoxy) is 1. The number of nitrogens with two attached hydrogens (primary N) is 1. The number of rotatable bonds is 5. The van der Waals surface area contributed by atoms with Crippen molar-refractivity contribution in [2.24, 2.45) is 0 Å². The van der Waals surface area contributed by atoms with E-state index in [9.17, 15) is 45.7 Å². The van der Waals surface area contributed by atoms with Crippen LogP contribution in [0.1, 0.15) is 37.3 Å². The van der Waals surface area contributed by atoms with Crippen molar-refractivity contribution in [1.82, 2.24) is 20.3 Å². The van der Waals surface area contributed by atoms with E-state index in [0.717, 1.165) is 6.92 Å². The number of pyridine rings is 1. The first-order valence-electron chi connectivity index (χ1n) is 14.3. The van der Waals surface area contributed by atoms with Gasteiger partial charge in [-0.2, -0.15) is 31.3 Å². The average molecular weight is 680 g/mol. The molecule has 0 spiro atoms. The smallest absolute Gasteiger partial charge is 0.425 e. The number of benzene rings is 1. The molecule has 0 amide bonds. The van der Waals surface area contributed by atoms with Gasteiger partial charge < -0.3 is 36.2 Å². The molecule has 2 aromatic heterocycles. The second-order valence-electron chi connectivity index (χ2n) is 11.5. The summed E-state index contributed by atoms with van der Waals surface area (Å²) >= 11 is 0. The number of carbonyl (C=O) groups is 1. The quantitative estimate of drug-likeness (QED) is 0.192. The lowest BCUT2D eigenvalue weighted by Gasteiger charge is -2.51. The van der Waals surface area contributed by atoms with Crippen LogP contribution in [0.15, 0.2) is 6.07 Å². The van der Waals surface area contributed by atoms with Gasteiger partial charge in [-0.3, -0.25) is 4.79 Å². The number of nitrogens with one attached hydrogen (secondary N) is 2. The third kappa shape index (κ3) is 6.24. The van der Waals surface area contributed by atoms with Gasteiger partial charge in [0, 0.05) is 31.1 Å². The first-order valence-corrected chi connectivity index (χ1v) is 14.3. The Labute approximate surface area is 261 Å². The van der Waals surface area contributed by atoms with Crippen LogP contribution in [-0.4, -0.2) is 81.2 Å². The minimum absolute atomic E-state index is 0.0703. The standard InChI is InChI=1S/C28H29F8N7O4/c1-11-9-38-5-3-15(27(31,32)33)47-24-17-22(41-25(42-23(17)39-11)43-6-4-26(43,10-44)8-16(45)46)20(30)21(40-24)13-7-14(37)19(29)12(2)18(13)28(34,35)36/h7,11,15,38,44H,3-6,8-10,37H2,1-2H3,(H,45,46)(H,39,41,42)/t11?,15-,26?/m1/s1. The van der Waals surface area contributed by atoms with Gasteiger partial charge in [-0.05, 0) is 38.4 Å². The molecule has 2 aliphatic rings. The number of anilines is 3. The summed E-state index contributed by atoms with van der Waals surface area (Å²) < 4.78 is 122. The maximum Gasteiger partial charge on any atom is 0.425 e. The first kappa shape index (κ1) is 34.1. The highest BCUT2D eigenvalue weighted by Crippen LogP contribution is 2.46. The topological polar surface area (TPSA) is 159 Å². The Hall–Kier alpha value is -4.26. The van der Waals surface area contributed by atoms with Crippen molar-refractivity contribution in [3.05, 3.63) is 28.8 Å². The van der Waals surface area contributed by atoms with Gasteiger partial charge in [-0.15, -0.1) is 0 Å². The molecular formula is C28H29F8N7O4. The van der Waals surface area contributed by atoms with Crippen molar-refractivity contribution in [3.63, 3.8) is 0 Å². The second kappa shape index (κ2) is 12.1. The van der Waals surface area contributed by atoms with E-state index < -0.39 is 112 Å². The number of halogens is 8. The van der Waals surface area contributed by atoms with Crippen molar-refractivity contribution in [2.45, 2.75) is 63.1 Å². The Morgan fingerprint density at radius 2 is 1.87 bits per heavy atom. The summed E-state index contributed by atoms with van der Waals surface area (Å²) in [5, 5.41) is 24.8. The molecule has 256 valence electrons. The van der Waals surface area contributed by atoms with Crippen LogP contribution in [0.5, 0.6) is 5.88 Å². The largest absolute Gasteiger partial charge is 0.481 e. The van der Waals surface area contributed by atoms with Crippen molar-refractivity contribution in [3.8, 4) is 17.1 Å². The maximum atomic E-state index is 16.6. The van der Waals surface area contributed by atoms with Gasteiger partial charge in [-0.1, -0.05) is 0 Å². The lowest BCUT2D eigenvalue weighted by Crippen LogP contribution is -2.64. The molecule has 3 aromatic rings. The number of aliphatic carboxylic acids is 1. The summed E-state index contributed by atoms with van der Waals surface area (Å²) in [6.07, 6.45) is -14.0. The van der Waals surface area contributed by atoms with E-state index in [0.29, 0.717) is 6.07 Å². The van der Waals surface area contributed by atoms with Crippen LogP contribution >= 0.6 is 0 Å². The van der Waals surface area contributed by atoms with E-state index >= 15 is 4.39 Å². The van der Waals surface area contributed by atoms with Gasteiger partial charge in [0.05, 0.1) is 29.8 Å². The molecule has 1 aromatic carbocycles. The van der Waals surface area contributed by atoms with E-state index in [2.05, 4.69) is 25.6 Å². The van der Waals surface area contributed by atoms with Gasteiger partial charge in [0.1, 0.15) is 28.2 Å². The molecular weight excluding hydrogens is 650 g/mol. The second-order valence-corrected chi connectivity index (χ2v) is 11.5. The lowest BCUT2D eigenvalue weighted by atomic mass is 9.82. The number of nitrogens with zero attached hydrogens (tertiary/aromatic N) is 4. The molecule has 5 rings (SSSR count). The lowest BCUT2D eigenvalue weighted by molar-refractivity contribution is -0.196. The van der Waals surface area contributed by atoms with Crippen molar-refractivity contribution in [2.75, 3.05) is 42.2 Å². The molecule has 47 heavy (non-hydrogen) atoms. The number of alkyl halides is 6. The first-order chi connectivity index (χ1) is 21.9. The summed E-state index contributed by atoms with van der Waals surface area (Å²) in [5.41, 5.74) is -2.44. The minimum atomic E-state index is -5.30. The fraction of sp³-hybridized carbons (Fsp3) is 0.500. The highest BCUT2D eigenvalue weighted by Gasteiger charge is 2.48. The summed E-state index contributed by atoms with van der Waals surface area (Å²) in [4.78, 5) is 25.2. The van der Waals surface area contributed by atoms with E-state index in [1.54, 1.807) is 6.92 Å². The van der Waals surface area contributed by atoms with Crippen LogP contribution < -0.4 is 26.0 Å². The zero-order valence-corrected chi connectivity index (χ0v) is 24.8. The molecule has 3 atom stereocenters. The summed E-state index contributed by atoms with van der Waals surface area (Å²) in [6.45, 7) is 1.61. The van der Waals surface area contributed by atoms with Crippen LogP contribution in [0.4, 0.5) is 52.6 Å². The summed E-state index contributed by atoms with van der Waals surface area (Å²) in [5.74, 6) is -5.97. The monoisotopic (exact) mass is 679 g/mol. The summed E-state index contributed by atoms with van der Waals surface area (Å²) in [7, 11) is 0. The van der Waals surface area contributed by atoms with Crippen molar-refractivity contribution in [1.29, 1.82) is 0 Å². The third-order valence-corrected chi connectivity index (χ3v) is 8.23. The number of aliphatic hydroxyl groups is 1. The van der Waals surface area contributed by atoms with Crippen LogP contribution in [0.25, 0.3) is 22.2 Å². The van der Waals surface area contributed by atoms with Crippen LogP contribution in [0, 0.1) is 18.6 Å². The number of hydrogen-bond donors (Lipinski definition) is 5. The third-order valence-electron chi connectivity index (χ3n) is 8.23. The Bertz CT molecular complexity index is 1720. The van der Waals surface area contributed by atoms with E-state index in [1.165, 1.54) is 4.90 Å². The Morgan fingerprint density at radius 1 is 1.17 bits per heavy atom. The SMILES string of the molecule is Cc1c(F)c(N)cc(-c2nc3c4c(nc(N5CCC5(CO)CC(=O)O)nc4c2F)NC(C)CNCC[C@H](C(F)(F)F)O3)c1C(F)(F)F. The predicted octanol–water partition coefficient (Wildman–Crippen LogP) is 4.40. The Morgan fingerprint density at radius 3 is 2.45 bits per heavy atom. The molecule has 0 radical (unpaired) electrons. The van der Waals surface area contributed by atoms with E-state index in [4.69, 9.17) is 10.5 Å². The number of nitrogen functional groups attached to an aromatic ring is 1. The fourth-order valence-corrected chi connectivity index (χ4v) is 5.79. The normalized spacial score (nSPS) is 22.2. The van der Waals surface area contributed by atoms with Crippen LogP contribution in [-0.2, 0) is 11.0 Å². The van der Waals surface area contributed by atoms with Gasteiger partial charge in [0.15, 0.2) is 11.9 Å². The molecule has 4 heterocycles. The molecule has 1 fully saturated rings.